The van der Waals surface area contributed by atoms with Crippen molar-refractivity contribution in [2.45, 2.75) is 51.1 Å². The zero-order valence-corrected chi connectivity index (χ0v) is 15.0. The van der Waals surface area contributed by atoms with E-state index in [0.29, 0.717) is 24.4 Å². The number of hydrogen-bond acceptors (Lipinski definition) is 6. The lowest BCUT2D eigenvalue weighted by Gasteiger charge is -2.27. The van der Waals surface area contributed by atoms with Gasteiger partial charge in [-0.1, -0.05) is 0 Å². The number of halogens is 2. The zero-order chi connectivity index (χ0) is 17.5. The van der Waals surface area contributed by atoms with E-state index in [1.165, 1.54) is 11.3 Å². The Bertz CT molecular complexity index is 855. The Morgan fingerprint density at radius 2 is 2.00 bits per heavy atom. The van der Waals surface area contributed by atoms with E-state index in [1.807, 2.05) is 6.07 Å². The predicted octanol–water partition coefficient (Wildman–Crippen LogP) is 3.77. The Labute approximate surface area is 143 Å². The van der Waals surface area contributed by atoms with Gasteiger partial charge in [0.15, 0.2) is 0 Å². The molecular weight excluding hydrogens is 358 g/mol. The van der Waals surface area contributed by atoms with E-state index in [9.17, 15) is 17.2 Å². The van der Waals surface area contributed by atoms with Gasteiger partial charge in [-0.05, 0) is 31.7 Å². The molecule has 2 heterocycles. The molecule has 1 aliphatic carbocycles. The molecule has 1 fully saturated rings. The van der Waals surface area contributed by atoms with Gasteiger partial charge in [-0.2, -0.15) is 8.42 Å². The minimum atomic E-state index is -3.57. The van der Waals surface area contributed by atoms with Gasteiger partial charge in [0.2, 0.25) is 5.92 Å². The molecule has 0 saturated heterocycles. The maximum absolute atomic E-state index is 13.3. The first-order chi connectivity index (χ1) is 11.1. The van der Waals surface area contributed by atoms with Crippen LogP contribution < -0.4 is 0 Å². The van der Waals surface area contributed by atoms with Crippen molar-refractivity contribution in [3.8, 4) is 0 Å². The van der Waals surface area contributed by atoms with Crippen molar-refractivity contribution in [2.75, 3.05) is 6.26 Å². The van der Waals surface area contributed by atoms with Gasteiger partial charge >= 0.3 is 0 Å². The first kappa shape index (κ1) is 17.6. The van der Waals surface area contributed by atoms with Crippen molar-refractivity contribution in [1.29, 1.82) is 0 Å². The van der Waals surface area contributed by atoms with Crippen LogP contribution in [0.25, 0.3) is 10.2 Å². The Balaban J connectivity index is 1.90. The van der Waals surface area contributed by atoms with Crippen LogP contribution in [-0.4, -0.2) is 30.6 Å². The number of aryl methyl sites for hydroxylation is 1. The van der Waals surface area contributed by atoms with Gasteiger partial charge in [-0.15, -0.1) is 11.3 Å². The molecule has 0 aliphatic heterocycles. The van der Waals surface area contributed by atoms with Crippen LogP contribution >= 0.6 is 11.3 Å². The number of thiophene rings is 1. The first-order valence-electron chi connectivity index (χ1n) is 7.62. The van der Waals surface area contributed by atoms with Crippen LogP contribution in [0.1, 0.15) is 48.0 Å². The summed E-state index contributed by atoms with van der Waals surface area (Å²) in [5.74, 6) is -1.94. The second-order valence-electron chi connectivity index (χ2n) is 6.18. The molecule has 0 aromatic carbocycles. The fourth-order valence-corrected chi connectivity index (χ4v) is 4.51. The highest BCUT2D eigenvalue weighted by Crippen LogP contribution is 2.44. The van der Waals surface area contributed by atoms with E-state index < -0.39 is 16.0 Å². The van der Waals surface area contributed by atoms with E-state index >= 15 is 0 Å². The summed E-state index contributed by atoms with van der Waals surface area (Å²) in [4.78, 5) is 10.4. The fourth-order valence-electron chi connectivity index (χ4n) is 2.92. The van der Waals surface area contributed by atoms with Crippen molar-refractivity contribution < 1.29 is 21.4 Å². The lowest BCUT2D eigenvalue weighted by Crippen LogP contribution is -2.23. The van der Waals surface area contributed by atoms with Crippen molar-refractivity contribution in [1.82, 2.24) is 9.97 Å². The molecule has 132 valence electrons. The Hall–Kier alpha value is -1.19. The minimum absolute atomic E-state index is 0.0906. The van der Waals surface area contributed by atoms with Gasteiger partial charge in [0, 0.05) is 23.1 Å². The van der Waals surface area contributed by atoms with E-state index in [0.717, 1.165) is 21.3 Å². The highest BCUT2D eigenvalue weighted by atomic mass is 32.2. The standard InChI is InChI=1S/C15H18F2N2O3S2/c1-9-18-12(8-22-24(2,20)21)11-7-13(23-14(11)19-9)10-3-5-15(16,17)6-4-10/h7,10H,3-6,8H2,1-2H3. The summed E-state index contributed by atoms with van der Waals surface area (Å²) in [6.07, 6.45) is 1.68. The normalized spacial score (nSPS) is 19.0. The molecule has 0 spiro atoms. The third-order valence-electron chi connectivity index (χ3n) is 4.13. The molecule has 0 unspecified atom stereocenters. The molecule has 5 nitrogen and oxygen atoms in total. The molecule has 2 aromatic rings. The molecule has 0 N–H and O–H groups in total. The molecular formula is C15H18F2N2O3S2. The van der Waals surface area contributed by atoms with Gasteiger partial charge in [0.1, 0.15) is 17.3 Å². The molecule has 0 amide bonds. The second-order valence-corrected chi connectivity index (χ2v) is 8.89. The molecule has 9 heteroatoms. The van der Waals surface area contributed by atoms with E-state index in [4.69, 9.17) is 4.18 Å². The quantitative estimate of drug-likeness (QED) is 0.760. The average molecular weight is 376 g/mol. The van der Waals surface area contributed by atoms with Crippen LogP contribution in [0.4, 0.5) is 8.78 Å². The monoisotopic (exact) mass is 376 g/mol. The molecule has 0 radical (unpaired) electrons. The van der Waals surface area contributed by atoms with Crippen LogP contribution in [-0.2, 0) is 20.9 Å². The van der Waals surface area contributed by atoms with Gasteiger partial charge in [0.05, 0.1) is 11.9 Å². The lowest BCUT2D eigenvalue weighted by atomic mass is 9.86. The van der Waals surface area contributed by atoms with Crippen LogP contribution in [0.5, 0.6) is 0 Å². The molecule has 2 aromatic heterocycles. The molecule has 0 bridgehead atoms. The van der Waals surface area contributed by atoms with Crippen molar-refractivity contribution >= 4 is 31.7 Å². The van der Waals surface area contributed by atoms with E-state index in [2.05, 4.69) is 9.97 Å². The van der Waals surface area contributed by atoms with Crippen LogP contribution in [0, 0.1) is 6.92 Å². The largest absolute Gasteiger partial charge is 0.264 e. The number of hydrogen-bond donors (Lipinski definition) is 0. The average Bonchev–Trinajstić information content (AvgIpc) is 2.87. The number of aromatic nitrogens is 2. The summed E-state index contributed by atoms with van der Waals surface area (Å²) in [6.45, 7) is 1.57. The topological polar surface area (TPSA) is 69.2 Å². The summed E-state index contributed by atoms with van der Waals surface area (Å²) in [6, 6.07) is 1.90. The third-order valence-corrected chi connectivity index (χ3v) is 5.87. The van der Waals surface area contributed by atoms with Gasteiger partial charge in [-0.3, -0.25) is 4.18 Å². The van der Waals surface area contributed by atoms with Crippen molar-refractivity contribution in [3.05, 3.63) is 22.5 Å². The van der Waals surface area contributed by atoms with Crippen LogP contribution in [0.15, 0.2) is 6.07 Å². The second kappa shape index (κ2) is 6.27. The Morgan fingerprint density at radius 3 is 2.62 bits per heavy atom. The maximum Gasteiger partial charge on any atom is 0.264 e. The predicted molar refractivity (Wildman–Crippen MR) is 87.9 cm³/mol. The minimum Gasteiger partial charge on any atom is -0.264 e. The third kappa shape index (κ3) is 4.07. The highest BCUT2D eigenvalue weighted by molar-refractivity contribution is 7.85. The van der Waals surface area contributed by atoms with Crippen molar-refractivity contribution in [3.63, 3.8) is 0 Å². The lowest BCUT2D eigenvalue weighted by molar-refractivity contribution is -0.0379. The number of nitrogens with zero attached hydrogens (tertiary/aromatic N) is 2. The summed E-state index contributed by atoms with van der Waals surface area (Å²) in [5.41, 5.74) is 0.506. The molecule has 1 saturated carbocycles. The van der Waals surface area contributed by atoms with E-state index in [-0.39, 0.29) is 25.4 Å². The highest BCUT2D eigenvalue weighted by Gasteiger charge is 2.36. The number of fused-ring (bicyclic) bond motifs is 1. The van der Waals surface area contributed by atoms with E-state index in [1.54, 1.807) is 6.92 Å². The SMILES string of the molecule is Cc1nc(COS(C)(=O)=O)c2cc(C3CCC(F)(F)CC3)sc2n1. The Kier molecular flexibility index (Phi) is 4.61. The van der Waals surface area contributed by atoms with Gasteiger partial charge in [-0.25, -0.2) is 18.7 Å². The smallest absolute Gasteiger partial charge is 0.264 e. The van der Waals surface area contributed by atoms with Crippen molar-refractivity contribution in [2.24, 2.45) is 0 Å². The summed E-state index contributed by atoms with van der Waals surface area (Å²) < 4.78 is 53.9. The van der Waals surface area contributed by atoms with Gasteiger partial charge in [0.25, 0.3) is 10.1 Å². The summed E-state index contributed by atoms with van der Waals surface area (Å²) in [7, 11) is -3.57. The molecule has 3 rings (SSSR count). The molecule has 24 heavy (non-hydrogen) atoms. The Morgan fingerprint density at radius 1 is 1.33 bits per heavy atom. The van der Waals surface area contributed by atoms with Crippen LogP contribution in [0.2, 0.25) is 0 Å². The molecule has 0 atom stereocenters. The summed E-state index contributed by atoms with van der Waals surface area (Å²) in [5, 5.41) is 0.738. The number of rotatable bonds is 4. The fraction of sp³-hybridized carbons (Fsp3) is 0.600. The van der Waals surface area contributed by atoms with Gasteiger partial charge < -0.3 is 0 Å². The maximum atomic E-state index is 13.3. The zero-order valence-electron chi connectivity index (χ0n) is 13.4. The van der Waals surface area contributed by atoms with Crippen LogP contribution in [0.3, 0.4) is 0 Å². The summed E-state index contributed by atoms with van der Waals surface area (Å²) >= 11 is 1.46. The first-order valence-corrected chi connectivity index (χ1v) is 10.3. The number of alkyl halides is 2. The molecule has 1 aliphatic rings.